The summed E-state index contributed by atoms with van der Waals surface area (Å²) < 4.78 is 40.6. The number of amides is 2. The highest BCUT2D eigenvalue weighted by molar-refractivity contribution is 9.10. The quantitative estimate of drug-likeness (QED) is 0.295. The third-order valence-electron chi connectivity index (χ3n) is 6.25. The lowest BCUT2D eigenvalue weighted by molar-refractivity contribution is -0.139. The van der Waals surface area contributed by atoms with Crippen LogP contribution in [0.25, 0.3) is 0 Å². The molecule has 9 nitrogen and oxygen atoms in total. The number of nitrogens with zero attached hydrogens (tertiary/aromatic N) is 2. The fourth-order valence-electron chi connectivity index (χ4n) is 3.99. The normalized spacial score (nSPS) is 11.8. The molecule has 214 valence electrons. The minimum Gasteiger partial charge on any atom is -0.497 e. The Morgan fingerprint density at radius 2 is 1.65 bits per heavy atom. The van der Waals surface area contributed by atoms with E-state index in [4.69, 9.17) is 9.47 Å². The summed E-state index contributed by atoms with van der Waals surface area (Å²) in [6.07, 6.45) is 0.734. The predicted octanol–water partition coefficient (Wildman–Crippen LogP) is 4.61. The molecule has 0 radical (unpaired) electrons. The minimum atomic E-state index is -4.24. The van der Waals surface area contributed by atoms with Crippen molar-refractivity contribution < 1.29 is 27.5 Å². The lowest BCUT2D eigenvalue weighted by Crippen LogP contribution is -2.51. The van der Waals surface area contributed by atoms with E-state index in [9.17, 15) is 18.0 Å². The zero-order chi connectivity index (χ0) is 29.3. The van der Waals surface area contributed by atoms with Crippen molar-refractivity contribution in [3.05, 3.63) is 82.8 Å². The molecule has 11 heteroatoms. The van der Waals surface area contributed by atoms with Crippen molar-refractivity contribution in [1.29, 1.82) is 0 Å². The van der Waals surface area contributed by atoms with E-state index in [0.717, 1.165) is 20.8 Å². The first-order valence-corrected chi connectivity index (χ1v) is 15.0. The van der Waals surface area contributed by atoms with E-state index in [1.54, 1.807) is 37.3 Å². The summed E-state index contributed by atoms with van der Waals surface area (Å²) in [6, 6.07) is 19.0. The van der Waals surface area contributed by atoms with Crippen LogP contribution < -0.4 is 19.1 Å². The molecule has 0 saturated carbocycles. The van der Waals surface area contributed by atoms with Gasteiger partial charge in [-0.05, 0) is 55.3 Å². The second-order valence-electron chi connectivity index (χ2n) is 8.98. The monoisotopic (exact) mass is 631 g/mol. The summed E-state index contributed by atoms with van der Waals surface area (Å²) in [5.41, 5.74) is 0.911. The number of hydrogen-bond acceptors (Lipinski definition) is 6. The average Bonchev–Trinajstić information content (AvgIpc) is 2.97. The highest BCUT2D eigenvalue weighted by Gasteiger charge is 2.34. The SMILES string of the molecule is CCCNC(=O)[C@@H](C)N(Cc1ccc(Br)cc1)C(=O)CN(c1cc(OC)ccc1OC)S(=O)(=O)c1ccccc1. The molecule has 0 fully saturated rings. The maximum absolute atomic E-state index is 14.0. The molecule has 0 spiro atoms. The Bertz CT molecular complexity index is 1400. The van der Waals surface area contributed by atoms with Crippen LogP contribution in [0.5, 0.6) is 11.5 Å². The van der Waals surface area contributed by atoms with Gasteiger partial charge in [0.15, 0.2) is 0 Å². The molecule has 1 N–H and O–H groups in total. The van der Waals surface area contributed by atoms with Gasteiger partial charge in [0.1, 0.15) is 24.1 Å². The van der Waals surface area contributed by atoms with Gasteiger partial charge in [0.05, 0.1) is 24.8 Å². The van der Waals surface area contributed by atoms with Crippen LogP contribution in [0.4, 0.5) is 5.69 Å². The molecule has 0 unspecified atom stereocenters. The van der Waals surface area contributed by atoms with Crippen LogP contribution in [0.1, 0.15) is 25.8 Å². The zero-order valence-electron chi connectivity index (χ0n) is 23.0. The van der Waals surface area contributed by atoms with Crippen molar-refractivity contribution >= 4 is 43.5 Å². The standard InChI is InChI=1S/C29H34BrN3O6S/c1-5-17-31-29(35)21(2)32(19-22-11-13-23(30)14-12-22)28(34)20-33(40(36,37)25-9-7-6-8-10-25)26-18-24(38-3)15-16-27(26)39-4/h6-16,18,21H,5,17,19-20H2,1-4H3,(H,31,35)/t21-/m1/s1. The summed E-state index contributed by atoms with van der Waals surface area (Å²) in [6.45, 7) is 3.54. The van der Waals surface area contributed by atoms with Crippen LogP contribution in [0.15, 0.2) is 82.2 Å². The van der Waals surface area contributed by atoms with Crippen LogP contribution in [0.2, 0.25) is 0 Å². The van der Waals surface area contributed by atoms with Gasteiger partial charge in [-0.15, -0.1) is 0 Å². The average molecular weight is 633 g/mol. The van der Waals surface area contributed by atoms with Gasteiger partial charge in [-0.3, -0.25) is 13.9 Å². The molecule has 2 amide bonds. The number of halogens is 1. The topological polar surface area (TPSA) is 105 Å². The van der Waals surface area contributed by atoms with Crippen LogP contribution in [0.3, 0.4) is 0 Å². The Kier molecular flexibility index (Phi) is 11.0. The van der Waals surface area contributed by atoms with Crippen LogP contribution in [0, 0.1) is 0 Å². The number of nitrogens with one attached hydrogen (secondary N) is 1. The smallest absolute Gasteiger partial charge is 0.264 e. The summed E-state index contributed by atoms with van der Waals surface area (Å²) in [5, 5.41) is 2.83. The Labute approximate surface area is 244 Å². The lowest BCUT2D eigenvalue weighted by Gasteiger charge is -2.32. The summed E-state index contributed by atoms with van der Waals surface area (Å²) in [4.78, 5) is 28.4. The maximum Gasteiger partial charge on any atom is 0.264 e. The van der Waals surface area contributed by atoms with E-state index < -0.39 is 28.5 Å². The van der Waals surface area contributed by atoms with E-state index in [1.807, 2.05) is 31.2 Å². The van der Waals surface area contributed by atoms with Crippen molar-refractivity contribution in [2.24, 2.45) is 0 Å². The Morgan fingerprint density at radius 3 is 2.25 bits per heavy atom. The lowest BCUT2D eigenvalue weighted by atomic mass is 10.1. The van der Waals surface area contributed by atoms with E-state index in [-0.39, 0.29) is 28.8 Å². The molecule has 0 heterocycles. The molecule has 0 aromatic heterocycles. The first kappa shape index (κ1) is 31.0. The minimum absolute atomic E-state index is 0.000805. The number of rotatable bonds is 13. The van der Waals surface area contributed by atoms with Gasteiger partial charge in [0, 0.05) is 23.6 Å². The molecular weight excluding hydrogens is 598 g/mol. The molecule has 3 rings (SSSR count). The fraction of sp³-hybridized carbons (Fsp3) is 0.310. The number of hydrogen-bond donors (Lipinski definition) is 1. The molecule has 3 aromatic carbocycles. The first-order chi connectivity index (χ1) is 19.1. The number of carbonyl (C=O) groups excluding carboxylic acids is 2. The molecule has 0 aliphatic rings. The number of benzene rings is 3. The van der Waals surface area contributed by atoms with Crippen molar-refractivity contribution in [2.75, 3.05) is 31.6 Å². The molecular formula is C29H34BrN3O6S. The van der Waals surface area contributed by atoms with Gasteiger partial charge in [-0.25, -0.2) is 8.42 Å². The van der Waals surface area contributed by atoms with Gasteiger partial charge in [-0.1, -0.05) is 53.2 Å². The van der Waals surface area contributed by atoms with Gasteiger partial charge < -0.3 is 19.7 Å². The van der Waals surface area contributed by atoms with Gasteiger partial charge in [0.2, 0.25) is 11.8 Å². The van der Waals surface area contributed by atoms with Crippen molar-refractivity contribution in [3.63, 3.8) is 0 Å². The fourth-order valence-corrected chi connectivity index (χ4v) is 5.69. The number of sulfonamides is 1. The van der Waals surface area contributed by atoms with Crippen molar-refractivity contribution in [3.8, 4) is 11.5 Å². The van der Waals surface area contributed by atoms with Crippen molar-refractivity contribution in [2.45, 2.75) is 37.8 Å². The Hall–Kier alpha value is -3.57. The van der Waals surface area contributed by atoms with E-state index >= 15 is 0 Å². The third kappa shape index (κ3) is 7.54. The third-order valence-corrected chi connectivity index (χ3v) is 8.55. The van der Waals surface area contributed by atoms with Crippen LogP contribution in [-0.4, -0.2) is 58.5 Å². The van der Waals surface area contributed by atoms with Gasteiger partial charge in [0.25, 0.3) is 10.0 Å². The number of ether oxygens (including phenoxy) is 2. The van der Waals surface area contributed by atoms with E-state index in [2.05, 4.69) is 21.2 Å². The molecule has 0 aliphatic carbocycles. The molecule has 3 aromatic rings. The van der Waals surface area contributed by atoms with E-state index in [0.29, 0.717) is 12.3 Å². The summed E-state index contributed by atoms with van der Waals surface area (Å²) in [7, 11) is -1.36. The number of methoxy groups -OCH3 is 2. The maximum atomic E-state index is 14.0. The van der Waals surface area contributed by atoms with Crippen LogP contribution in [-0.2, 0) is 26.2 Å². The van der Waals surface area contributed by atoms with Crippen molar-refractivity contribution in [1.82, 2.24) is 10.2 Å². The molecule has 1 atom stereocenters. The van der Waals surface area contributed by atoms with Gasteiger partial charge in [-0.2, -0.15) is 0 Å². The number of carbonyl (C=O) groups is 2. The second kappa shape index (κ2) is 14.2. The largest absolute Gasteiger partial charge is 0.497 e. The van der Waals surface area contributed by atoms with Crippen LogP contribution >= 0.6 is 15.9 Å². The number of anilines is 1. The first-order valence-electron chi connectivity index (χ1n) is 12.7. The molecule has 0 aliphatic heterocycles. The van der Waals surface area contributed by atoms with Gasteiger partial charge >= 0.3 is 0 Å². The molecule has 0 bridgehead atoms. The highest BCUT2D eigenvalue weighted by atomic mass is 79.9. The predicted molar refractivity (Wildman–Crippen MR) is 158 cm³/mol. The zero-order valence-corrected chi connectivity index (χ0v) is 25.4. The molecule has 40 heavy (non-hydrogen) atoms. The van der Waals surface area contributed by atoms with E-state index in [1.165, 1.54) is 37.3 Å². The summed E-state index contributed by atoms with van der Waals surface area (Å²) >= 11 is 3.41. The summed E-state index contributed by atoms with van der Waals surface area (Å²) in [5.74, 6) is -0.271. The Balaban J connectivity index is 2.09. The highest BCUT2D eigenvalue weighted by Crippen LogP contribution is 2.36. The second-order valence-corrected chi connectivity index (χ2v) is 11.8. The molecule has 0 saturated heterocycles. The Morgan fingerprint density at radius 1 is 0.975 bits per heavy atom.